The van der Waals surface area contributed by atoms with Gasteiger partial charge in [-0.3, -0.25) is 4.79 Å². The topological polar surface area (TPSA) is 32.3 Å². The number of rotatable bonds is 6. The quantitative estimate of drug-likeness (QED) is 0.690. The minimum atomic E-state index is 0.127. The van der Waals surface area contributed by atoms with Crippen LogP contribution in [0.25, 0.3) is 20.2 Å². The fourth-order valence-corrected chi connectivity index (χ4v) is 3.86. The Balaban J connectivity index is 1.88. The zero-order chi connectivity index (χ0) is 16.2. The maximum absolute atomic E-state index is 12.7. The molecule has 1 heterocycles. The van der Waals surface area contributed by atoms with Gasteiger partial charge in [-0.15, -0.1) is 11.3 Å². The third-order valence-corrected chi connectivity index (χ3v) is 5.38. The van der Waals surface area contributed by atoms with Crippen LogP contribution in [0.5, 0.6) is 0 Å². The molecule has 0 unspecified atom stereocenters. The summed E-state index contributed by atoms with van der Waals surface area (Å²) in [6, 6.07) is 13.9. The monoisotopic (exact) mass is 326 g/mol. The van der Waals surface area contributed by atoms with Gasteiger partial charge in [-0.2, -0.15) is 0 Å². The molecule has 0 fully saturated rings. The molecule has 0 amide bonds. The molecule has 0 radical (unpaired) electrons. The lowest BCUT2D eigenvalue weighted by atomic mass is 10.1. The predicted molar refractivity (Wildman–Crippen MR) is 102 cm³/mol. The van der Waals surface area contributed by atoms with Gasteiger partial charge in [0.25, 0.3) is 0 Å². The molecule has 0 bridgehead atoms. The molecule has 0 aliphatic carbocycles. The summed E-state index contributed by atoms with van der Waals surface area (Å²) in [4.78, 5) is 15.1. The number of likely N-dealkylation sites (N-methyl/N-ethyl adjacent to an activating group) is 1. The lowest BCUT2D eigenvalue weighted by Crippen LogP contribution is -2.28. The molecule has 0 saturated carbocycles. The van der Waals surface area contributed by atoms with Gasteiger partial charge in [0.1, 0.15) is 0 Å². The minimum absolute atomic E-state index is 0.127. The second-order valence-corrected chi connectivity index (χ2v) is 6.68. The van der Waals surface area contributed by atoms with Crippen molar-refractivity contribution < 1.29 is 0 Å². The minimum Gasteiger partial charge on any atom is -0.384 e. The Hall–Kier alpha value is -1.91. The number of nitrogens with one attached hydrogen (secondary N) is 1. The van der Waals surface area contributed by atoms with E-state index in [-0.39, 0.29) is 5.43 Å². The molecule has 3 nitrogen and oxygen atoms in total. The highest BCUT2D eigenvalue weighted by Crippen LogP contribution is 2.26. The maximum atomic E-state index is 12.7. The summed E-state index contributed by atoms with van der Waals surface area (Å²) < 4.78 is 2.09. The number of hydrogen-bond donors (Lipinski definition) is 1. The van der Waals surface area contributed by atoms with E-state index in [1.54, 1.807) is 11.3 Å². The average Bonchev–Trinajstić information content (AvgIpc) is 2.59. The van der Waals surface area contributed by atoms with Crippen LogP contribution in [-0.4, -0.2) is 31.1 Å². The van der Waals surface area contributed by atoms with Crippen molar-refractivity contribution in [3.8, 4) is 0 Å². The number of benzene rings is 2. The molecule has 1 N–H and O–H groups in total. The van der Waals surface area contributed by atoms with Crippen molar-refractivity contribution in [3.05, 3.63) is 52.7 Å². The van der Waals surface area contributed by atoms with Crippen LogP contribution >= 0.6 is 11.3 Å². The van der Waals surface area contributed by atoms with Gasteiger partial charge in [-0.05, 0) is 43.4 Å². The number of fused-ring (bicyclic) bond motifs is 2. The van der Waals surface area contributed by atoms with Crippen molar-refractivity contribution in [1.82, 2.24) is 4.90 Å². The molecule has 0 aliphatic heterocycles. The molecule has 1 aromatic heterocycles. The van der Waals surface area contributed by atoms with E-state index in [1.165, 1.54) is 0 Å². The lowest BCUT2D eigenvalue weighted by Gasteiger charge is -2.18. The van der Waals surface area contributed by atoms with Gasteiger partial charge in [0.2, 0.25) is 0 Å². The third-order valence-electron chi connectivity index (χ3n) is 4.23. The van der Waals surface area contributed by atoms with Crippen LogP contribution in [0.1, 0.15) is 13.8 Å². The smallest absolute Gasteiger partial charge is 0.195 e. The van der Waals surface area contributed by atoms with Crippen molar-refractivity contribution in [2.24, 2.45) is 0 Å². The van der Waals surface area contributed by atoms with Crippen LogP contribution < -0.4 is 10.7 Å². The van der Waals surface area contributed by atoms with Crippen molar-refractivity contribution in [1.29, 1.82) is 0 Å². The standard InChI is InChI=1S/C19H22N2OS/c1-3-21(4-2)12-11-20-14-9-10-18-16(13-14)19(22)15-7-5-6-8-17(15)23-18/h5-10,13,20H,3-4,11-12H2,1-2H3. The van der Waals surface area contributed by atoms with E-state index < -0.39 is 0 Å². The van der Waals surface area contributed by atoms with Crippen LogP contribution in [-0.2, 0) is 0 Å². The van der Waals surface area contributed by atoms with Crippen molar-refractivity contribution in [3.63, 3.8) is 0 Å². The summed E-state index contributed by atoms with van der Waals surface area (Å²) in [7, 11) is 0. The number of nitrogens with zero attached hydrogens (tertiary/aromatic N) is 1. The first-order chi connectivity index (χ1) is 11.2. The first kappa shape index (κ1) is 16.0. The van der Waals surface area contributed by atoms with Crippen molar-refractivity contribution >= 4 is 37.2 Å². The van der Waals surface area contributed by atoms with Crippen LogP contribution in [0.4, 0.5) is 5.69 Å². The maximum Gasteiger partial charge on any atom is 0.195 e. The zero-order valence-electron chi connectivity index (χ0n) is 13.6. The lowest BCUT2D eigenvalue weighted by molar-refractivity contribution is 0.316. The second kappa shape index (κ2) is 7.11. The molecule has 23 heavy (non-hydrogen) atoms. The third kappa shape index (κ3) is 3.38. The van der Waals surface area contributed by atoms with Gasteiger partial charge in [0.05, 0.1) is 0 Å². The summed E-state index contributed by atoms with van der Waals surface area (Å²) in [6.07, 6.45) is 0. The molecule has 0 saturated heterocycles. The highest BCUT2D eigenvalue weighted by Gasteiger charge is 2.06. The predicted octanol–water partition coefficient (Wildman–Crippen LogP) is 4.17. The Bertz CT molecular complexity index is 868. The number of anilines is 1. The molecule has 0 aliphatic rings. The molecule has 4 heteroatoms. The largest absolute Gasteiger partial charge is 0.384 e. The van der Waals surface area contributed by atoms with Crippen LogP contribution in [0.15, 0.2) is 47.3 Å². The Labute approximate surface area is 140 Å². The number of hydrogen-bond acceptors (Lipinski definition) is 4. The highest BCUT2D eigenvalue weighted by molar-refractivity contribution is 7.24. The first-order valence-corrected chi connectivity index (χ1v) is 8.96. The molecule has 0 atom stereocenters. The second-order valence-electron chi connectivity index (χ2n) is 5.59. The van der Waals surface area contributed by atoms with E-state index in [4.69, 9.17) is 0 Å². The van der Waals surface area contributed by atoms with Crippen molar-refractivity contribution in [2.45, 2.75) is 13.8 Å². The highest BCUT2D eigenvalue weighted by atomic mass is 32.1. The van der Waals surface area contributed by atoms with Gasteiger partial charge >= 0.3 is 0 Å². The van der Waals surface area contributed by atoms with E-state index in [9.17, 15) is 4.79 Å². The summed E-state index contributed by atoms with van der Waals surface area (Å²) in [5.74, 6) is 0. The fourth-order valence-electron chi connectivity index (χ4n) is 2.81. The zero-order valence-corrected chi connectivity index (χ0v) is 14.5. The van der Waals surface area contributed by atoms with Gasteiger partial charge < -0.3 is 10.2 Å². The molecule has 0 spiro atoms. The van der Waals surface area contributed by atoms with E-state index in [1.807, 2.05) is 36.4 Å². The average molecular weight is 326 g/mol. The Morgan fingerprint density at radius 1 is 1.00 bits per heavy atom. The van der Waals surface area contributed by atoms with Gasteiger partial charge in [0, 0.05) is 38.9 Å². The van der Waals surface area contributed by atoms with Crippen LogP contribution in [0.2, 0.25) is 0 Å². The summed E-state index contributed by atoms with van der Waals surface area (Å²) >= 11 is 1.67. The van der Waals surface area contributed by atoms with Gasteiger partial charge in [-0.1, -0.05) is 26.0 Å². The van der Waals surface area contributed by atoms with E-state index in [0.717, 1.165) is 52.0 Å². The van der Waals surface area contributed by atoms with E-state index in [2.05, 4.69) is 30.1 Å². The molecule has 3 aromatic rings. The van der Waals surface area contributed by atoms with E-state index >= 15 is 0 Å². The van der Waals surface area contributed by atoms with Crippen molar-refractivity contribution in [2.75, 3.05) is 31.5 Å². The summed E-state index contributed by atoms with van der Waals surface area (Å²) in [5, 5.41) is 5.05. The fraction of sp³-hybridized carbons (Fsp3) is 0.316. The normalized spacial score (nSPS) is 11.4. The molecule has 3 rings (SSSR count). The van der Waals surface area contributed by atoms with Gasteiger partial charge in [-0.25, -0.2) is 0 Å². The summed E-state index contributed by atoms with van der Waals surface area (Å²) in [6.45, 7) is 8.38. The Morgan fingerprint density at radius 2 is 1.74 bits per heavy atom. The first-order valence-electron chi connectivity index (χ1n) is 8.14. The molecular weight excluding hydrogens is 304 g/mol. The Morgan fingerprint density at radius 3 is 2.52 bits per heavy atom. The molecule has 2 aromatic carbocycles. The van der Waals surface area contributed by atoms with Crippen LogP contribution in [0, 0.1) is 0 Å². The van der Waals surface area contributed by atoms with E-state index in [0.29, 0.717) is 0 Å². The summed E-state index contributed by atoms with van der Waals surface area (Å²) in [5.41, 5.74) is 1.14. The Kier molecular flexibility index (Phi) is 4.94. The van der Waals surface area contributed by atoms with Crippen LogP contribution in [0.3, 0.4) is 0 Å². The molecule has 120 valence electrons. The molecular formula is C19H22N2OS. The van der Waals surface area contributed by atoms with Gasteiger partial charge in [0.15, 0.2) is 5.43 Å². The SMILES string of the molecule is CCN(CC)CCNc1ccc2sc3ccccc3c(=O)c2c1.